The second-order valence-electron chi connectivity index (χ2n) is 4.50. The number of nitrogens with zero attached hydrogens (tertiary/aromatic N) is 2. The fraction of sp³-hybridized carbons (Fsp3) is 0.900. The fourth-order valence-electron chi connectivity index (χ4n) is 1.99. The Balaban J connectivity index is 2.56. The summed E-state index contributed by atoms with van der Waals surface area (Å²) in [6, 6.07) is 0. The number of carbonyl (C=O) groups is 1. The lowest BCUT2D eigenvalue weighted by molar-refractivity contribution is -0.137. The summed E-state index contributed by atoms with van der Waals surface area (Å²) in [5, 5.41) is 17.4. The molecule has 1 saturated heterocycles. The van der Waals surface area contributed by atoms with E-state index in [9.17, 15) is 13.2 Å². The van der Waals surface area contributed by atoms with Crippen LogP contribution in [0.25, 0.3) is 0 Å². The van der Waals surface area contributed by atoms with Crippen LogP contribution in [-0.4, -0.2) is 66.5 Å². The van der Waals surface area contributed by atoms with Gasteiger partial charge in [0.1, 0.15) is 0 Å². The van der Waals surface area contributed by atoms with E-state index in [1.807, 2.05) is 0 Å². The molecule has 18 heavy (non-hydrogen) atoms. The minimum Gasteiger partial charge on any atom is -0.481 e. The Labute approximate surface area is 107 Å². The van der Waals surface area contributed by atoms with Gasteiger partial charge >= 0.3 is 5.97 Å². The first kappa shape index (κ1) is 15.4. The van der Waals surface area contributed by atoms with Crippen LogP contribution < -0.4 is 0 Å². The van der Waals surface area contributed by atoms with Crippen molar-refractivity contribution in [1.82, 2.24) is 8.61 Å². The van der Waals surface area contributed by atoms with Gasteiger partial charge in [-0.3, -0.25) is 4.79 Å². The molecular weight excluding hydrogens is 260 g/mol. The van der Waals surface area contributed by atoms with Crippen LogP contribution in [0.3, 0.4) is 0 Å². The number of aliphatic hydroxyl groups is 1. The van der Waals surface area contributed by atoms with Gasteiger partial charge < -0.3 is 10.2 Å². The minimum absolute atomic E-state index is 0.0289. The van der Waals surface area contributed by atoms with Crippen LogP contribution in [0.5, 0.6) is 0 Å². The molecule has 2 N–H and O–H groups in total. The second kappa shape index (κ2) is 6.46. The van der Waals surface area contributed by atoms with Crippen molar-refractivity contribution in [2.45, 2.75) is 19.3 Å². The summed E-state index contributed by atoms with van der Waals surface area (Å²) < 4.78 is 26.6. The summed E-state index contributed by atoms with van der Waals surface area (Å²) in [6.07, 6.45) is 1.14. The zero-order valence-corrected chi connectivity index (χ0v) is 11.3. The third-order valence-corrected chi connectivity index (χ3v) is 5.10. The highest BCUT2D eigenvalue weighted by molar-refractivity contribution is 7.86. The zero-order chi connectivity index (χ0) is 13.8. The van der Waals surface area contributed by atoms with E-state index in [-0.39, 0.29) is 25.5 Å². The van der Waals surface area contributed by atoms with E-state index in [2.05, 4.69) is 0 Å². The van der Waals surface area contributed by atoms with E-state index < -0.39 is 16.2 Å². The summed E-state index contributed by atoms with van der Waals surface area (Å²) in [6.45, 7) is 0.872. The largest absolute Gasteiger partial charge is 0.481 e. The molecule has 0 aliphatic carbocycles. The summed E-state index contributed by atoms with van der Waals surface area (Å²) in [5.74, 6) is -0.825. The molecule has 1 unspecified atom stereocenters. The number of rotatable bonds is 7. The van der Waals surface area contributed by atoms with E-state index in [4.69, 9.17) is 10.2 Å². The van der Waals surface area contributed by atoms with Gasteiger partial charge in [-0.25, -0.2) is 0 Å². The van der Waals surface area contributed by atoms with Gasteiger partial charge in [0.15, 0.2) is 0 Å². The summed E-state index contributed by atoms with van der Waals surface area (Å²) in [4.78, 5) is 10.4. The van der Waals surface area contributed by atoms with Crippen LogP contribution in [0.1, 0.15) is 19.3 Å². The number of hydrogen-bond acceptors (Lipinski definition) is 4. The van der Waals surface area contributed by atoms with E-state index in [1.165, 1.54) is 11.4 Å². The van der Waals surface area contributed by atoms with E-state index in [0.29, 0.717) is 19.5 Å². The maximum absolute atomic E-state index is 12.1. The quantitative estimate of drug-likeness (QED) is 0.645. The smallest absolute Gasteiger partial charge is 0.304 e. The third-order valence-electron chi connectivity index (χ3n) is 3.15. The molecule has 0 saturated carbocycles. The Hall–Kier alpha value is -0.700. The molecule has 1 aliphatic heterocycles. The van der Waals surface area contributed by atoms with Gasteiger partial charge in [0.2, 0.25) is 0 Å². The summed E-state index contributed by atoms with van der Waals surface area (Å²) in [7, 11) is -2.18. The van der Waals surface area contributed by atoms with Crippen LogP contribution in [0.15, 0.2) is 0 Å². The maximum atomic E-state index is 12.1. The van der Waals surface area contributed by atoms with Gasteiger partial charge in [-0.05, 0) is 18.8 Å². The molecule has 0 radical (unpaired) electrons. The van der Waals surface area contributed by atoms with Gasteiger partial charge in [-0.15, -0.1) is 0 Å². The molecule has 1 rings (SSSR count). The predicted molar refractivity (Wildman–Crippen MR) is 65.2 cm³/mol. The van der Waals surface area contributed by atoms with Crippen molar-refractivity contribution in [3.8, 4) is 0 Å². The molecule has 1 heterocycles. The highest BCUT2D eigenvalue weighted by Gasteiger charge is 2.33. The van der Waals surface area contributed by atoms with Crippen molar-refractivity contribution in [3.05, 3.63) is 0 Å². The van der Waals surface area contributed by atoms with Crippen LogP contribution >= 0.6 is 0 Å². The Kier molecular flexibility index (Phi) is 5.51. The Morgan fingerprint density at radius 1 is 1.50 bits per heavy atom. The average molecular weight is 280 g/mol. The van der Waals surface area contributed by atoms with Crippen molar-refractivity contribution in [1.29, 1.82) is 0 Å². The van der Waals surface area contributed by atoms with Gasteiger partial charge in [0, 0.05) is 33.3 Å². The summed E-state index contributed by atoms with van der Waals surface area (Å²) >= 11 is 0. The molecule has 1 fully saturated rings. The molecular formula is C10H20N2O5S. The van der Waals surface area contributed by atoms with Crippen molar-refractivity contribution in [2.75, 3.05) is 33.3 Å². The lowest BCUT2D eigenvalue weighted by Gasteiger charge is -2.23. The second-order valence-corrected chi connectivity index (χ2v) is 6.53. The maximum Gasteiger partial charge on any atom is 0.304 e. The first-order valence-corrected chi connectivity index (χ1v) is 7.31. The lowest BCUT2D eigenvalue weighted by atomic mass is 10.1. The number of hydrogen-bond donors (Lipinski definition) is 2. The SMILES string of the molecule is CN(CCC(=O)O)S(=O)(=O)N1CCC(CCO)C1. The van der Waals surface area contributed by atoms with Crippen LogP contribution in [0, 0.1) is 5.92 Å². The Morgan fingerprint density at radius 3 is 2.72 bits per heavy atom. The number of carboxylic acid groups (broad SMARTS) is 1. The molecule has 7 nitrogen and oxygen atoms in total. The minimum atomic E-state index is -3.56. The van der Waals surface area contributed by atoms with Crippen molar-refractivity contribution >= 4 is 16.2 Å². The topological polar surface area (TPSA) is 98.2 Å². The molecule has 0 aromatic carbocycles. The summed E-state index contributed by atoms with van der Waals surface area (Å²) in [5.41, 5.74) is 0. The third kappa shape index (κ3) is 3.91. The van der Waals surface area contributed by atoms with Crippen molar-refractivity contribution in [3.63, 3.8) is 0 Å². The Bertz CT molecular complexity index is 384. The van der Waals surface area contributed by atoms with Gasteiger partial charge in [0.05, 0.1) is 6.42 Å². The van der Waals surface area contributed by atoms with Crippen molar-refractivity contribution in [2.24, 2.45) is 5.92 Å². The van der Waals surface area contributed by atoms with Crippen LogP contribution in [0.2, 0.25) is 0 Å². The predicted octanol–water partition coefficient (Wildman–Crippen LogP) is -0.658. The van der Waals surface area contributed by atoms with Gasteiger partial charge in [0.25, 0.3) is 10.2 Å². The average Bonchev–Trinajstić information content (AvgIpc) is 2.75. The van der Waals surface area contributed by atoms with Crippen LogP contribution in [0.4, 0.5) is 0 Å². The van der Waals surface area contributed by atoms with E-state index in [0.717, 1.165) is 10.7 Å². The number of carboxylic acids is 1. The molecule has 0 aromatic rings. The normalized spacial score (nSPS) is 21.6. The van der Waals surface area contributed by atoms with Gasteiger partial charge in [-0.2, -0.15) is 17.0 Å². The number of aliphatic carboxylic acids is 1. The highest BCUT2D eigenvalue weighted by Crippen LogP contribution is 2.23. The standard InChI is InChI=1S/C10H20N2O5S/c1-11(5-3-10(14)15)18(16,17)12-6-2-9(8-12)4-7-13/h9,13H,2-8H2,1H3,(H,14,15). The molecule has 0 aromatic heterocycles. The molecule has 8 heteroatoms. The molecule has 0 bridgehead atoms. The van der Waals surface area contributed by atoms with Crippen molar-refractivity contribution < 1.29 is 23.4 Å². The molecule has 0 amide bonds. The first-order valence-electron chi connectivity index (χ1n) is 5.92. The van der Waals surface area contributed by atoms with Crippen LogP contribution in [-0.2, 0) is 15.0 Å². The molecule has 106 valence electrons. The Morgan fingerprint density at radius 2 is 2.17 bits per heavy atom. The van der Waals surface area contributed by atoms with E-state index >= 15 is 0 Å². The molecule has 1 aliphatic rings. The van der Waals surface area contributed by atoms with Gasteiger partial charge in [-0.1, -0.05) is 0 Å². The van der Waals surface area contributed by atoms with E-state index in [1.54, 1.807) is 0 Å². The number of aliphatic hydroxyl groups excluding tert-OH is 1. The monoisotopic (exact) mass is 280 g/mol. The fourth-order valence-corrected chi connectivity index (χ4v) is 3.44. The lowest BCUT2D eigenvalue weighted by Crippen LogP contribution is -2.41. The first-order chi connectivity index (χ1) is 8.37. The molecule has 1 atom stereocenters. The zero-order valence-electron chi connectivity index (χ0n) is 10.4. The highest BCUT2D eigenvalue weighted by atomic mass is 32.2. The molecule has 0 spiro atoms.